The van der Waals surface area contributed by atoms with Crippen LogP contribution in [0.2, 0.25) is 5.02 Å². The monoisotopic (exact) mass is 265 g/mol. The van der Waals surface area contributed by atoms with Crippen molar-refractivity contribution in [2.75, 3.05) is 5.32 Å². The van der Waals surface area contributed by atoms with Gasteiger partial charge in [0, 0.05) is 22.8 Å². The average Bonchev–Trinajstić information content (AvgIpc) is 2.33. The molecular weight excluding hydrogens is 253 g/mol. The first kappa shape index (κ1) is 12.7. The van der Waals surface area contributed by atoms with Gasteiger partial charge in [0.1, 0.15) is 11.6 Å². The highest BCUT2D eigenvalue weighted by atomic mass is 35.5. The number of nitrogens with one attached hydrogen (secondary N) is 1. The van der Waals surface area contributed by atoms with Crippen molar-refractivity contribution in [2.24, 2.45) is 0 Å². The summed E-state index contributed by atoms with van der Waals surface area (Å²) in [6.07, 6.45) is 0. The zero-order valence-corrected chi connectivity index (χ0v) is 10.6. The van der Waals surface area contributed by atoms with Crippen LogP contribution in [0.1, 0.15) is 11.1 Å². The van der Waals surface area contributed by atoms with Crippen molar-refractivity contribution >= 4 is 17.3 Å². The highest BCUT2D eigenvalue weighted by molar-refractivity contribution is 6.31. The highest BCUT2D eigenvalue weighted by Gasteiger charge is 2.07. The zero-order chi connectivity index (χ0) is 13.1. The summed E-state index contributed by atoms with van der Waals surface area (Å²) in [4.78, 5) is 0. The second-order valence-corrected chi connectivity index (χ2v) is 4.46. The number of phenols is 1. The Kier molecular flexibility index (Phi) is 3.72. The van der Waals surface area contributed by atoms with E-state index in [1.807, 2.05) is 6.92 Å². The van der Waals surface area contributed by atoms with E-state index in [0.717, 1.165) is 5.56 Å². The van der Waals surface area contributed by atoms with Gasteiger partial charge in [0.05, 0.1) is 0 Å². The molecule has 0 aliphatic rings. The minimum atomic E-state index is -0.300. The molecule has 2 aromatic rings. The number of hydrogen-bond donors (Lipinski definition) is 2. The van der Waals surface area contributed by atoms with Gasteiger partial charge >= 0.3 is 0 Å². The molecule has 18 heavy (non-hydrogen) atoms. The number of phenolic OH excluding ortho intramolecular Hbond substituents is 1. The summed E-state index contributed by atoms with van der Waals surface area (Å²) < 4.78 is 13.1. The summed E-state index contributed by atoms with van der Waals surface area (Å²) in [6.45, 7) is 2.23. The lowest BCUT2D eigenvalue weighted by Gasteiger charge is -2.12. The number of rotatable bonds is 3. The smallest absolute Gasteiger partial charge is 0.125 e. The van der Waals surface area contributed by atoms with Gasteiger partial charge in [-0.05, 0) is 36.8 Å². The molecule has 0 saturated heterocycles. The van der Waals surface area contributed by atoms with Crippen molar-refractivity contribution in [3.63, 3.8) is 0 Å². The van der Waals surface area contributed by atoms with E-state index < -0.39 is 0 Å². The van der Waals surface area contributed by atoms with Crippen LogP contribution in [0.15, 0.2) is 36.4 Å². The summed E-state index contributed by atoms with van der Waals surface area (Å²) in [7, 11) is 0. The van der Waals surface area contributed by atoms with E-state index in [1.165, 1.54) is 12.1 Å². The van der Waals surface area contributed by atoms with Crippen LogP contribution in [-0.2, 0) is 6.54 Å². The third kappa shape index (κ3) is 2.74. The second kappa shape index (κ2) is 5.27. The Morgan fingerprint density at radius 2 is 2.06 bits per heavy atom. The van der Waals surface area contributed by atoms with Gasteiger partial charge in [0.2, 0.25) is 0 Å². The maximum Gasteiger partial charge on any atom is 0.125 e. The topological polar surface area (TPSA) is 32.3 Å². The second-order valence-electron chi connectivity index (χ2n) is 4.05. The molecule has 2 nitrogen and oxygen atoms in total. The van der Waals surface area contributed by atoms with E-state index in [9.17, 15) is 9.50 Å². The lowest BCUT2D eigenvalue weighted by atomic mass is 10.1. The summed E-state index contributed by atoms with van der Waals surface area (Å²) in [5.74, 6) is -0.171. The normalized spacial score (nSPS) is 10.4. The fourth-order valence-corrected chi connectivity index (χ4v) is 1.93. The lowest BCUT2D eigenvalue weighted by molar-refractivity contribution is 0.469. The van der Waals surface area contributed by atoms with Gasteiger partial charge in [0.25, 0.3) is 0 Å². The minimum absolute atomic E-state index is 0.129. The third-order valence-electron chi connectivity index (χ3n) is 2.75. The Morgan fingerprint density at radius 1 is 1.28 bits per heavy atom. The Bertz CT molecular complexity index is 551. The molecule has 0 aliphatic heterocycles. The largest absolute Gasteiger partial charge is 0.508 e. The predicted octanol–water partition coefficient (Wildman–Crippen LogP) is 4.11. The molecular formula is C14H13ClFNO. The Balaban J connectivity index is 2.19. The molecule has 0 amide bonds. The first-order valence-electron chi connectivity index (χ1n) is 5.54. The number of aromatic hydroxyl groups is 1. The van der Waals surface area contributed by atoms with Crippen molar-refractivity contribution in [3.05, 3.63) is 58.4 Å². The number of aryl methyl sites for hydroxylation is 1. The van der Waals surface area contributed by atoms with Gasteiger partial charge in [-0.15, -0.1) is 0 Å². The molecule has 0 atom stereocenters. The van der Waals surface area contributed by atoms with Crippen LogP contribution in [0.5, 0.6) is 5.75 Å². The molecule has 0 unspecified atom stereocenters. The lowest BCUT2D eigenvalue weighted by Crippen LogP contribution is -2.02. The van der Waals surface area contributed by atoms with Gasteiger partial charge in [-0.2, -0.15) is 0 Å². The van der Waals surface area contributed by atoms with Gasteiger partial charge in [-0.25, -0.2) is 4.39 Å². The standard InChI is InChI=1S/C14H13ClFNO/c1-9-5-6-10(16)7-13(9)17-8-11-12(15)3-2-4-14(11)18/h2-7,17-18H,8H2,1H3. The van der Waals surface area contributed by atoms with Gasteiger partial charge in [0.15, 0.2) is 0 Å². The fraction of sp³-hybridized carbons (Fsp3) is 0.143. The molecule has 0 spiro atoms. The molecule has 0 bridgehead atoms. The maximum absolute atomic E-state index is 13.1. The summed E-state index contributed by atoms with van der Waals surface area (Å²) in [5, 5.41) is 13.2. The summed E-state index contributed by atoms with van der Waals surface area (Å²) in [6, 6.07) is 9.48. The molecule has 2 aromatic carbocycles. The van der Waals surface area contributed by atoms with E-state index in [2.05, 4.69) is 5.32 Å². The van der Waals surface area contributed by atoms with Crippen LogP contribution in [0, 0.1) is 12.7 Å². The predicted molar refractivity (Wildman–Crippen MR) is 71.6 cm³/mol. The van der Waals surface area contributed by atoms with Gasteiger partial charge in [-0.1, -0.05) is 23.7 Å². The van der Waals surface area contributed by atoms with Gasteiger partial charge in [-0.3, -0.25) is 0 Å². The van der Waals surface area contributed by atoms with Crippen LogP contribution in [0.3, 0.4) is 0 Å². The molecule has 0 heterocycles. The maximum atomic E-state index is 13.1. The van der Waals surface area contributed by atoms with Crippen molar-refractivity contribution in [2.45, 2.75) is 13.5 Å². The van der Waals surface area contributed by atoms with E-state index in [-0.39, 0.29) is 11.6 Å². The van der Waals surface area contributed by atoms with E-state index in [1.54, 1.807) is 24.3 Å². The number of anilines is 1. The first-order chi connectivity index (χ1) is 8.58. The number of hydrogen-bond acceptors (Lipinski definition) is 2. The average molecular weight is 266 g/mol. The Hall–Kier alpha value is -1.74. The minimum Gasteiger partial charge on any atom is -0.508 e. The molecule has 94 valence electrons. The van der Waals surface area contributed by atoms with E-state index >= 15 is 0 Å². The summed E-state index contributed by atoms with van der Waals surface area (Å²) >= 11 is 5.99. The molecule has 2 rings (SSSR count). The fourth-order valence-electron chi connectivity index (χ4n) is 1.69. The van der Waals surface area contributed by atoms with Crippen molar-refractivity contribution in [1.29, 1.82) is 0 Å². The first-order valence-corrected chi connectivity index (χ1v) is 5.92. The van der Waals surface area contributed by atoms with Crippen LogP contribution < -0.4 is 5.32 Å². The Labute approximate surface area is 110 Å². The zero-order valence-electron chi connectivity index (χ0n) is 9.87. The van der Waals surface area contributed by atoms with Crippen LogP contribution >= 0.6 is 11.6 Å². The van der Waals surface area contributed by atoms with Gasteiger partial charge < -0.3 is 10.4 Å². The number of benzene rings is 2. The molecule has 0 saturated carbocycles. The molecule has 0 fully saturated rings. The summed E-state index contributed by atoms with van der Waals surface area (Å²) in [5.41, 5.74) is 2.22. The van der Waals surface area contributed by atoms with Crippen LogP contribution in [0.25, 0.3) is 0 Å². The highest BCUT2D eigenvalue weighted by Crippen LogP contribution is 2.26. The Morgan fingerprint density at radius 3 is 2.78 bits per heavy atom. The quantitative estimate of drug-likeness (QED) is 0.875. The molecule has 0 aromatic heterocycles. The third-order valence-corrected chi connectivity index (χ3v) is 3.10. The molecule has 2 N–H and O–H groups in total. The SMILES string of the molecule is Cc1ccc(F)cc1NCc1c(O)cccc1Cl. The molecule has 4 heteroatoms. The number of halogens is 2. The van der Waals surface area contributed by atoms with Crippen LogP contribution in [0.4, 0.5) is 10.1 Å². The van der Waals surface area contributed by atoms with E-state index in [0.29, 0.717) is 22.8 Å². The van der Waals surface area contributed by atoms with E-state index in [4.69, 9.17) is 11.6 Å². The van der Waals surface area contributed by atoms with Crippen molar-refractivity contribution in [3.8, 4) is 5.75 Å². The van der Waals surface area contributed by atoms with Crippen molar-refractivity contribution < 1.29 is 9.50 Å². The van der Waals surface area contributed by atoms with Crippen LogP contribution in [-0.4, -0.2) is 5.11 Å². The molecule has 0 aliphatic carbocycles. The molecule has 0 radical (unpaired) electrons. The van der Waals surface area contributed by atoms with Crippen molar-refractivity contribution in [1.82, 2.24) is 0 Å².